The molecule has 132 valence electrons. The van der Waals surface area contributed by atoms with Crippen molar-refractivity contribution < 1.29 is 22.3 Å². The molecule has 4 aromatic rings. The lowest BCUT2D eigenvalue weighted by Crippen LogP contribution is -2.07. The van der Waals surface area contributed by atoms with E-state index in [1.165, 1.54) is 18.4 Å². The molecule has 26 heavy (non-hydrogen) atoms. The summed E-state index contributed by atoms with van der Waals surface area (Å²) >= 11 is 0. The zero-order valence-electron chi connectivity index (χ0n) is 12.8. The fraction of sp³-hybridized carbons (Fsp3) is 0.0667. The van der Waals surface area contributed by atoms with Crippen molar-refractivity contribution in [2.24, 2.45) is 0 Å². The first kappa shape index (κ1) is 15.9. The minimum atomic E-state index is -4.49. The lowest BCUT2D eigenvalue weighted by Gasteiger charge is -2.09. The molecule has 0 fully saturated rings. The summed E-state index contributed by atoms with van der Waals surface area (Å²) in [6.45, 7) is 0. The third-order valence-corrected chi connectivity index (χ3v) is 3.32. The van der Waals surface area contributed by atoms with E-state index in [1.54, 1.807) is 12.1 Å². The van der Waals surface area contributed by atoms with Gasteiger partial charge in [0.25, 0.3) is 5.78 Å². The Labute approximate surface area is 143 Å². The zero-order valence-corrected chi connectivity index (χ0v) is 12.8. The molecule has 2 N–H and O–H groups in total. The number of hydrogen-bond acceptors (Lipinski definition) is 7. The van der Waals surface area contributed by atoms with E-state index in [1.807, 2.05) is 0 Å². The van der Waals surface area contributed by atoms with Crippen molar-refractivity contribution in [2.75, 3.05) is 5.73 Å². The molecule has 11 heteroatoms. The van der Waals surface area contributed by atoms with Crippen LogP contribution >= 0.6 is 0 Å². The highest BCUT2D eigenvalue weighted by atomic mass is 19.4. The molecule has 8 nitrogen and oxygen atoms in total. The molecule has 3 aromatic heterocycles. The summed E-state index contributed by atoms with van der Waals surface area (Å²) in [5, 5.41) is 4.11. The highest BCUT2D eigenvalue weighted by Gasteiger charge is 2.30. The van der Waals surface area contributed by atoms with Gasteiger partial charge in [-0.2, -0.15) is 32.6 Å². The number of ether oxygens (including phenoxy) is 1. The van der Waals surface area contributed by atoms with Gasteiger partial charge in [-0.15, -0.1) is 5.10 Å². The van der Waals surface area contributed by atoms with E-state index in [0.29, 0.717) is 5.76 Å². The lowest BCUT2D eigenvalue weighted by atomic mass is 10.2. The Bertz CT molecular complexity index is 1070. The molecule has 0 unspecified atom stereocenters. The van der Waals surface area contributed by atoms with Crippen molar-refractivity contribution in [3.63, 3.8) is 0 Å². The van der Waals surface area contributed by atoms with Crippen LogP contribution in [0.5, 0.6) is 11.8 Å². The predicted octanol–water partition coefficient (Wildman–Crippen LogP) is 3.17. The van der Waals surface area contributed by atoms with Crippen LogP contribution in [0.3, 0.4) is 0 Å². The van der Waals surface area contributed by atoms with Gasteiger partial charge in [-0.05, 0) is 30.3 Å². The summed E-state index contributed by atoms with van der Waals surface area (Å²) in [6.07, 6.45) is -3.04. The van der Waals surface area contributed by atoms with Crippen LogP contribution in [0, 0.1) is 0 Å². The number of halogens is 3. The van der Waals surface area contributed by atoms with Crippen LogP contribution in [-0.2, 0) is 6.18 Å². The van der Waals surface area contributed by atoms with Crippen LogP contribution < -0.4 is 10.5 Å². The van der Waals surface area contributed by atoms with E-state index in [0.717, 1.165) is 16.6 Å². The number of nitrogens with two attached hydrogens (primary N) is 1. The number of furan rings is 1. The number of fused-ring (bicyclic) bond motifs is 1. The summed E-state index contributed by atoms with van der Waals surface area (Å²) < 4.78 is 50.0. The first-order valence-corrected chi connectivity index (χ1v) is 7.19. The molecule has 0 aliphatic heterocycles. The van der Waals surface area contributed by atoms with Gasteiger partial charge in [0.05, 0.1) is 11.8 Å². The number of benzene rings is 1. The van der Waals surface area contributed by atoms with Crippen LogP contribution in [-0.4, -0.2) is 24.6 Å². The standard InChI is InChI=1S/C15H9F3N6O2/c16-15(17,18)8-3-1-4-9(7-8)26-14-21-12(19)24-13(22-14)20-11(23-24)10-5-2-6-25-10/h1-7H,(H2,19,20,21,22,23). The van der Waals surface area contributed by atoms with Crippen molar-refractivity contribution in [1.82, 2.24) is 24.6 Å². The van der Waals surface area contributed by atoms with Gasteiger partial charge >= 0.3 is 12.2 Å². The Morgan fingerprint density at radius 2 is 1.92 bits per heavy atom. The maximum atomic E-state index is 12.8. The van der Waals surface area contributed by atoms with Crippen molar-refractivity contribution in [3.05, 3.63) is 48.2 Å². The normalized spacial score (nSPS) is 11.8. The smallest absolute Gasteiger partial charge is 0.416 e. The second-order valence-electron chi connectivity index (χ2n) is 5.12. The molecule has 0 saturated carbocycles. The maximum absolute atomic E-state index is 12.8. The van der Waals surface area contributed by atoms with E-state index < -0.39 is 11.7 Å². The number of anilines is 1. The lowest BCUT2D eigenvalue weighted by molar-refractivity contribution is -0.137. The maximum Gasteiger partial charge on any atom is 0.416 e. The number of hydrogen-bond donors (Lipinski definition) is 1. The summed E-state index contributed by atoms with van der Waals surface area (Å²) in [7, 11) is 0. The summed E-state index contributed by atoms with van der Waals surface area (Å²) in [4.78, 5) is 12.0. The molecule has 4 rings (SSSR count). The molecule has 0 aliphatic rings. The van der Waals surface area contributed by atoms with Gasteiger partial charge in [-0.25, -0.2) is 0 Å². The van der Waals surface area contributed by atoms with Gasteiger partial charge in [0.2, 0.25) is 11.8 Å². The molecule has 1 aromatic carbocycles. The highest BCUT2D eigenvalue weighted by molar-refractivity contribution is 5.51. The highest BCUT2D eigenvalue weighted by Crippen LogP contribution is 2.32. The molecular weight excluding hydrogens is 353 g/mol. The molecule has 0 atom stereocenters. The first-order valence-electron chi connectivity index (χ1n) is 7.19. The fourth-order valence-electron chi connectivity index (χ4n) is 2.18. The van der Waals surface area contributed by atoms with Crippen molar-refractivity contribution >= 4 is 11.7 Å². The van der Waals surface area contributed by atoms with E-state index >= 15 is 0 Å². The average molecular weight is 362 g/mol. The number of aromatic nitrogens is 5. The predicted molar refractivity (Wildman–Crippen MR) is 82.2 cm³/mol. The van der Waals surface area contributed by atoms with E-state index in [-0.39, 0.29) is 29.3 Å². The Balaban J connectivity index is 1.69. The van der Waals surface area contributed by atoms with Gasteiger partial charge in [-0.1, -0.05) is 6.07 Å². The molecule has 3 heterocycles. The third-order valence-electron chi connectivity index (χ3n) is 3.32. The van der Waals surface area contributed by atoms with E-state index in [2.05, 4.69) is 20.1 Å². The molecule has 0 amide bonds. The number of alkyl halides is 3. The van der Waals surface area contributed by atoms with Gasteiger partial charge in [-0.3, -0.25) is 0 Å². The second-order valence-corrected chi connectivity index (χ2v) is 5.12. The van der Waals surface area contributed by atoms with Crippen molar-refractivity contribution in [2.45, 2.75) is 6.18 Å². The van der Waals surface area contributed by atoms with Crippen molar-refractivity contribution in [1.29, 1.82) is 0 Å². The summed E-state index contributed by atoms with van der Waals surface area (Å²) in [6, 6.07) is 7.38. The Kier molecular flexibility index (Phi) is 3.49. The number of rotatable bonds is 3. The quantitative estimate of drug-likeness (QED) is 0.597. The fourth-order valence-corrected chi connectivity index (χ4v) is 2.18. The topological polar surface area (TPSA) is 104 Å². The summed E-state index contributed by atoms with van der Waals surface area (Å²) in [5.41, 5.74) is 4.94. The molecule has 0 aliphatic carbocycles. The van der Waals surface area contributed by atoms with E-state index in [4.69, 9.17) is 14.9 Å². The number of nitrogens with zero attached hydrogens (tertiary/aromatic N) is 5. The van der Waals surface area contributed by atoms with Gasteiger partial charge in [0.1, 0.15) is 5.75 Å². The molecule has 0 radical (unpaired) electrons. The second kappa shape index (κ2) is 5.72. The van der Waals surface area contributed by atoms with Crippen LogP contribution in [0.1, 0.15) is 5.56 Å². The minimum Gasteiger partial charge on any atom is -0.461 e. The van der Waals surface area contributed by atoms with Gasteiger partial charge in [0.15, 0.2) is 5.76 Å². The minimum absolute atomic E-state index is 0.0610. The number of nitrogen functional groups attached to an aromatic ring is 1. The monoisotopic (exact) mass is 362 g/mol. The zero-order chi connectivity index (χ0) is 18.3. The molecule has 0 bridgehead atoms. The SMILES string of the molecule is Nc1nc(Oc2cccc(C(F)(F)F)c2)nc2nc(-c3ccco3)nn12. The van der Waals surface area contributed by atoms with Gasteiger partial charge in [0, 0.05) is 0 Å². The molecule has 0 saturated heterocycles. The van der Waals surface area contributed by atoms with Gasteiger partial charge < -0.3 is 14.9 Å². The first-order chi connectivity index (χ1) is 12.4. The summed E-state index contributed by atoms with van der Waals surface area (Å²) in [5.74, 6) is 0.505. The largest absolute Gasteiger partial charge is 0.461 e. The average Bonchev–Trinajstić information content (AvgIpc) is 3.23. The molecular formula is C15H9F3N6O2. The Morgan fingerprint density at radius 3 is 2.65 bits per heavy atom. The van der Waals surface area contributed by atoms with Crippen LogP contribution in [0.4, 0.5) is 19.1 Å². The Morgan fingerprint density at radius 1 is 1.08 bits per heavy atom. The Hall–Kier alpha value is -3.63. The van der Waals surface area contributed by atoms with Crippen molar-refractivity contribution in [3.8, 4) is 23.3 Å². The molecule has 0 spiro atoms. The van der Waals surface area contributed by atoms with Crippen LogP contribution in [0.15, 0.2) is 47.1 Å². The third kappa shape index (κ3) is 2.90. The van der Waals surface area contributed by atoms with Crippen LogP contribution in [0.25, 0.3) is 17.4 Å². The van der Waals surface area contributed by atoms with E-state index in [9.17, 15) is 13.2 Å². The van der Waals surface area contributed by atoms with Crippen LogP contribution in [0.2, 0.25) is 0 Å².